The van der Waals surface area contributed by atoms with Crippen LogP contribution in [-0.2, 0) is 9.59 Å². The second-order valence-corrected chi connectivity index (χ2v) is 10.1. The summed E-state index contributed by atoms with van der Waals surface area (Å²) in [5, 5.41) is 15.7. The number of aromatic nitrogens is 1. The SMILES string of the molecule is COc1cccc2[nH]c(C(=O)N[C@@H](CC3CCC(F)(F)CC3)C(=O)N[C@H](C#N)C[C@@H]3CCCC3=O)cc12. The molecule has 2 aliphatic rings. The van der Waals surface area contributed by atoms with Crippen LogP contribution in [0, 0.1) is 23.2 Å². The summed E-state index contributed by atoms with van der Waals surface area (Å²) in [7, 11) is 1.53. The lowest BCUT2D eigenvalue weighted by Crippen LogP contribution is -2.51. The van der Waals surface area contributed by atoms with Gasteiger partial charge in [0.1, 0.15) is 29.3 Å². The van der Waals surface area contributed by atoms with E-state index in [4.69, 9.17) is 4.74 Å². The van der Waals surface area contributed by atoms with E-state index in [2.05, 4.69) is 15.6 Å². The zero-order valence-electron chi connectivity index (χ0n) is 20.8. The molecule has 0 unspecified atom stereocenters. The summed E-state index contributed by atoms with van der Waals surface area (Å²) >= 11 is 0. The maximum absolute atomic E-state index is 13.7. The number of benzene rings is 1. The molecule has 8 nitrogen and oxygen atoms in total. The monoisotopic (exact) mass is 514 g/mol. The molecule has 3 N–H and O–H groups in total. The predicted octanol–water partition coefficient (Wildman–Crippen LogP) is 4.26. The average Bonchev–Trinajstić information content (AvgIpc) is 3.50. The molecule has 2 aromatic rings. The van der Waals surface area contributed by atoms with Crippen LogP contribution in [0.2, 0.25) is 0 Å². The molecule has 2 aliphatic carbocycles. The van der Waals surface area contributed by atoms with Crippen molar-refractivity contribution in [2.24, 2.45) is 11.8 Å². The number of Topliss-reactive ketones (excluding diaryl/α,β-unsaturated/α-hetero) is 1. The van der Waals surface area contributed by atoms with Crippen LogP contribution >= 0.6 is 0 Å². The van der Waals surface area contributed by atoms with E-state index in [0.717, 1.165) is 6.42 Å². The number of halogens is 2. The first-order chi connectivity index (χ1) is 17.7. The van der Waals surface area contributed by atoms with Crippen molar-refractivity contribution in [3.8, 4) is 11.8 Å². The summed E-state index contributed by atoms with van der Waals surface area (Å²) in [5.41, 5.74) is 0.909. The number of hydrogen-bond donors (Lipinski definition) is 3. The quantitative estimate of drug-likeness (QED) is 0.461. The van der Waals surface area contributed by atoms with Gasteiger partial charge in [-0.2, -0.15) is 5.26 Å². The van der Waals surface area contributed by atoms with E-state index in [1.807, 2.05) is 6.07 Å². The van der Waals surface area contributed by atoms with Crippen molar-refractivity contribution in [2.75, 3.05) is 7.11 Å². The van der Waals surface area contributed by atoms with E-state index in [9.17, 15) is 28.4 Å². The third-order valence-electron chi connectivity index (χ3n) is 7.54. The molecule has 10 heteroatoms. The van der Waals surface area contributed by atoms with Crippen LogP contribution in [0.1, 0.15) is 68.3 Å². The number of alkyl halides is 2. The number of H-pyrrole nitrogens is 1. The Morgan fingerprint density at radius 2 is 1.97 bits per heavy atom. The van der Waals surface area contributed by atoms with E-state index in [1.54, 1.807) is 24.3 Å². The molecule has 198 valence electrons. The Labute approximate surface area is 214 Å². The van der Waals surface area contributed by atoms with Crippen LogP contribution in [0.5, 0.6) is 5.75 Å². The molecular formula is C27H32F2N4O4. The second-order valence-electron chi connectivity index (χ2n) is 10.1. The van der Waals surface area contributed by atoms with E-state index in [1.165, 1.54) is 7.11 Å². The van der Waals surface area contributed by atoms with Crippen molar-refractivity contribution in [3.05, 3.63) is 30.0 Å². The molecule has 0 aliphatic heterocycles. The Kier molecular flexibility index (Phi) is 8.10. The highest BCUT2D eigenvalue weighted by Crippen LogP contribution is 2.38. The fourth-order valence-corrected chi connectivity index (χ4v) is 5.40. The van der Waals surface area contributed by atoms with Gasteiger partial charge in [-0.15, -0.1) is 0 Å². The van der Waals surface area contributed by atoms with Gasteiger partial charge in [0.15, 0.2) is 0 Å². The third-order valence-corrected chi connectivity index (χ3v) is 7.54. The summed E-state index contributed by atoms with van der Waals surface area (Å²) in [5.74, 6) is -3.55. The fourth-order valence-electron chi connectivity index (χ4n) is 5.40. The molecule has 2 fully saturated rings. The predicted molar refractivity (Wildman–Crippen MR) is 132 cm³/mol. The number of ketones is 1. The minimum atomic E-state index is -2.71. The average molecular weight is 515 g/mol. The van der Waals surface area contributed by atoms with E-state index >= 15 is 0 Å². The van der Waals surface area contributed by atoms with Crippen molar-refractivity contribution < 1.29 is 27.9 Å². The van der Waals surface area contributed by atoms with E-state index in [0.29, 0.717) is 29.5 Å². The maximum Gasteiger partial charge on any atom is 0.268 e. The Morgan fingerprint density at radius 1 is 1.22 bits per heavy atom. The number of nitrogens with one attached hydrogen (secondary N) is 3. The van der Waals surface area contributed by atoms with Gasteiger partial charge in [0, 0.05) is 36.1 Å². The van der Waals surface area contributed by atoms with Gasteiger partial charge in [0.25, 0.3) is 5.91 Å². The second kappa shape index (κ2) is 11.3. The summed E-state index contributed by atoms with van der Waals surface area (Å²) < 4.78 is 32.7. The molecule has 1 aromatic carbocycles. The topological polar surface area (TPSA) is 124 Å². The van der Waals surface area contributed by atoms with Crippen molar-refractivity contribution >= 4 is 28.5 Å². The number of amides is 2. The van der Waals surface area contributed by atoms with E-state index in [-0.39, 0.29) is 61.8 Å². The van der Waals surface area contributed by atoms with Gasteiger partial charge in [0.2, 0.25) is 11.8 Å². The summed E-state index contributed by atoms with van der Waals surface area (Å²) in [6, 6.07) is 7.12. The van der Waals surface area contributed by atoms with Gasteiger partial charge in [-0.3, -0.25) is 14.4 Å². The number of hydrogen-bond acceptors (Lipinski definition) is 5. The van der Waals surface area contributed by atoms with Crippen molar-refractivity contribution in [2.45, 2.75) is 75.8 Å². The molecule has 0 radical (unpaired) electrons. The third kappa shape index (κ3) is 6.45. The van der Waals surface area contributed by atoms with Gasteiger partial charge in [-0.05, 0) is 62.6 Å². The Bertz CT molecular complexity index is 1190. The molecule has 1 aromatic heterocycles. The molecule has 3 atom stereocenters. The minimum absolute atomic E-state index is 0.0942. The van der Waals surface area contributed by atoms with Crippen molar-refractivity contribution in [1.29, 1.82) is 5.26 Å². The number of ether oxygens (including phenoxy) is 1. The van der Waals surface area contributed by atoms with Crippen LogP contribution in [0.25, 0.3) is 10.9 Å². The van der Waals surface area contributed by atoms with Crippen LogP contribution < -0.4 is 15.4 Å². The van der Waals surface area contributed by atoms with Crippen LogP contribution in [0.3, 0.4) is 0 Å². The molecule has 0 bridgehead atoms. The lowest BCUT2D eigenvalue weighted by Gasteiger charge is -2.31. The van der Waals surface area contributed by atoms with Crippen molar-refractivity contribution in [1.82, 2.24) is 15.6 Å². The molecule has 1 heterocycles. The number of carbonyl (C=O) groups is 3. The minimum Gasteiger partial charge on any atom is -0.496 e. The zero-order chi connectivity index (χ0) is 26.6. The molecule has 2 amide bonds. The molecular weight excluding hydrogens is 482 g/mol. The van der Waals surface area contributed by atoms with Crippen LogP contribution in [0.15, 0.2) is 24.3 Å². The van der Waals surface area contributed by atoms with Gasteiger partial charge in [0.05, 0.1) is 13.2 Å². The number of nitriles is 1. The zero-order valence-corrected chi connectivity index (χ0v) is 20.8. The number of rotatable bonds is 9. The lowest BCUT2D eigenvalue weighted by atomic mass is 9.82. The molecule has 0 saturated heterocycles. The smallest absolute Gasteiger partial charge is 0.268 e. The highest BCUT2D eigenvalue weighted by atomic mass is 19.3. The lowest BCUT2D eigenvalue weighted by molar-refractivity contribution is -0.125. The standard InChI is InChI=1S/C27H32F2N4O4/c1-37-24-7-3-5-20-19(24)14-22(32-20)26(36)33-21(12-16-8-10-27(28,29)11-9-16)25(35)31-18(15-30)13-17-4-2-6-23(17)34/h3,5,7,14,16-18,21,32H,2,4,6,8-13H2,1H3,(H,31,35)(H,33,36)/t17-,18-,21-/m0/s1. The summed E-state index contributed by atoms with van der Waals surface area (Å²) in [6.45, 7) is 0. The first-order valence-corrected chi connectivity index (χ1v) is 12.8. The number of aromatic amines is 1. The Morgan fingerprint density at radius 3 is 2.62 bits per heavy atom. The highest BCUT2D eigenvalue weighted by Gasteiger charge is 2.37. The Hall–Kier alpha value is -3.48. The van der Waals surface area contributed by atoms with Crippen LogP contribution in [-0.4, -0.2) is 47.7 Å². The normalized spacial score (nSPS) is 21.2. The van der Waals surface area contributed by atoms with Crippen LogP contribution in [0.4, 0.5) is 8.78 Å². The number of fused-ring (bicyclic) bond motifs is 1. The maximum atomic E-state index is 13.7. The largest absolute Gasteiger partial charge is 0.496 e. The fraction of sp³-hybridized carbons (Fsp3) is 0.556. The van der Waals surface area contributed by atoms with Gasteiger partial charge in [-0.25, -0.2) is 8.78 Å². The van der Waals surface area contributed by atoms with Gasteiger partial charge >= 0.3 is 0 Å². The number of methoxy groups -OCH3 is 1. The number of carbonyl (C=O) groups excluding carboxylic acids is 3. The molecule has 37 heavy (non-hydrogen) atoms. The van der Waals surface area contributed by atoms with Gasteiger partial charge < -0.3 is 20.4 Å². The first-order valence-electron chi connectivity index (χ1n) is 12.8. The summed E-state index contributed by atoms with van der Waals surface area (Å²) in [6.07, 6.45) is 2.32. The summed E-state index contributed by atoms with van der Waals surface area (Å²) in [4.78, 5) is 41.5. The highest BCUT2D eigenvalue weighted by molar-refractivity contribution is 6.01. The molecule has 4 rings (SSSR count). The molecule has 0 spiro atoms. The first kappa shape index (κ1) is 26.6. The Balaban J connectivity index is 1.49. The molecule has 2 saturated carbocycles. The van der Waals surface area contributed by atoms with Crippen molar-refractivity contribution in [3.63, 3.8) is 0 Å². The van der Waals surface area contributed by atoms with E-state index < -0.39 is 29.8 Å². The van der Waals surface area contributed by atoms with Gasteiger partial charge in [-0.1, -0.05) is 6.07 Å². The number of nitrogens with zero attached hydrogens (tertiary/aromatic N) is 1.